The maximum absolute atomic E-state index is 11.9. The molecule has 1 atom stereocenters. The lowest BCUT2D eigenvalue weighted by molar-refractivity contribution is -0.129. The summed E-state index contributed by atoms with van der Waals surface area (Å²) in [5.41, 5.74) is 7.69. The molecule has 0 spiro atoms. The minimum Gasteiger partial charge on any atom is -0.363 e. The number of benzene rings is 1. The highest BCUT2D eigenvalue weighted by molar-refractivity contribution is 5.84. The zero-order valence-corrected chi connectivity index (χ0v) is 11.0. The second-order valence-corrected chi connectivity index (χ2v) is 4.39. The summed E-state index contributed by atoms with van der Waals surface area (Å²) in [6.07, 6.45) is 0. The van der Waals surface area contributed by atoms with Gasteiger partial charge in [-0.15, -0.1) is 0 Å². The van der Waals surface area contributed by atoms with Crippen molar-refractivity contribution in [2.45, 2.75) is 19.5 Å². The molecule has 0 fully saturated rings. The Kier molecular flexibility index (Phi) is 4.52. The molecule has 1 aromatic carbocycles. The predicted octanol–water partition coefficient (Wildman–Crippen LogP) is 1.06. The van der Waals surface area contributed by atoms with Gasteiger partial charge in [-0.3, -0.25) is 4.79 Å². The van der Waals surface area contributed by atoms with Gasteiger partial charge in [-0.25, -0.2) is 0 Å². The van der Waals surface area contributed by atoms with Crippen molar-refractivity contribution in [3.63, 3.8) is 0 Å². The molecule has 1 rings (SSSR count). The summed E-state index contributed by atoms with van der Waals surface area (Å²) in [6, 6.07) is 7.76. The zero-order chi connectivity index (χ0) is 13.0. The van der Waals surface area contributed by atoms with E-state index in [2.05, 4.69) is 0 Å². The maximum Gasteiger partial charge on any atom is 0.244 e. The summed E-state index contributed by atoms with van der Waals surface area (Å²) in [4.78, 5) is 15.4. The Labute approximate surface area is 103 Å². The van der Waals surface area contributed by atoms with E-state index in [1.165, 1.54) is 0 Å². The van der Waals surface area contributed by atoms with E-state index in [0.29, 0.717) is 6.54 Å². The van der Waals surface area contributed by atoms with Gasteiger partial charge in [-0.1, -0.05) is 12.1 Å². The van der Waals surface area contributed by atoms with E-state index in [9.17, 15) is 4.79 Å². The van der Waals surface area contributed by atoms with E-state index in [1.54, 1.807) is 19.0 Å². The van der Waals surface area contributed by atoms with Crippen LogP contribution in [0.15, 0.2) is 24.3 Å². The van der Waals surface area contributed by atoms with Gasteiger partial charge in [0, 0.05) is 33.4 Å². The molecule has 0 aliphatic heterocycles. The molecule has 4 nitrogen and oxygen atoms in total. The molecule has 1 amide bonds. The van der Waals surface area contributed by atoms with Crippen molar-refractivity contribution < 1.29 is 4.79 Å². The normalized spacial score (nSPS) is 12.1. The molecule has 0 saturated heterocycles. The Balaban J connectivity index is 2.88. The van der Waals surface area contributed by atoms with Crippen molar-refractivity contribution in [3.8, 4) is 0 Å². The first-order valence-electron chi connectivity index (χ1n) is 5.70. The predicted molar refractivity (Wildman–Crippen MR) is 70.9 cm³/mol. The summed E-state index contributed by atoms with van der Waals surface area (Å²) >= 11 is 0. The Morgan fingerprint density at radius 2 is 2.00 bits per heavy atom. The van der Waals surface area contributed by atoms with Gasteiger partial charge in [0.05, 0.1) is 0 Å². The molecule has 0 aliphatic carbocycles. The fourth-order valence-corrected chi connectivity index (χ4v) is 1.67. The number of nitrogens with zero attached hydrogens (tertiary/aromatic N) is 2. The Morgan fingerprint density at radius 3 is 2.53 bits per heavy atom. The van der Waals surface area contributed by atoms with Gasteiger partial charge in [0.1, 0.15) is 6.04 Å². The van der Waals surface area contributed by atoms with Crippen LogP contribution in [-0.2, 0) is 11.3 Å². The van der Waals surface area contributed by atoms with Crippen LogP contribution in [-0.4, -0.2) is 38.0 Å². The van der Waals surface area contributed by atoms with Gasteiger partial charge >= 0.3 is 0 Å². The van der Waals surface area contributed by atoms with Crippen molar-refractivity contribution in [1.29, 1.82) is 0 Å². The van der Waals surface area contributed by atoms with Gasteiger partial charge in [0.2, 0.25) is 5.91 Å². The zero-order valence-electron chi connectivity index (χ0n) is 11.0. The summed E-state index contributed by atoms with van der Waals surface area (Å²) in [5.74, 6) is 0.0886. The van der Waals surface area contributed by atoms with Crippen molar-refractivity contribution in [3.05, 3.63) is 29.8 Å². The summed E-state index contributed by atoms with van der Waals surface area (Å²) < 4.78 is 0. The van der Waals surface area contributed by atoms with E-state index < -0.39 is 0 Å². The van der Waals surface area contributed by atoms with Crippen LogP contribution < -0.4 is 10.6 Å². The molecule has 0 aliphatic rings. The van der Waals surface area contributed by atoms with Gasteiger partial charge < -0.3 is 15.5 Å². The number of hydrogen-bond acceptors (Lipinski definition) is 3. The van der Waals surface area contributed by atoms with Crippen LogP contribution in [0.1, 0.15) is 12.5 Å². The number of nitrogens with two attached hydrogens (primary N) is 1. The molecule has 1 unspecified atom stereocenters. The third kappa shape index (κ3) is 3.20. The molecule has 1 aromatic rings. The molecule has 0 bridgehead atoms. The molecule has 0 aromatic heterocycles. The number of likely N-dealkylation sites (N-methyl/N-ethyl adjacent to an activating group) is 2. The van der Waals surface area contributed by atoms with Gasteiger partial charge in [-0.2, -0.15) is 0 Å². The monoisotopic (exact) mass is 235 g/mol. The van der Waals surface area contributed by atoms with Gasteiger partial charge in [-0.05, 0) is 24.6 Å². The Bertz CT molecular complexity index is 390. The highest BCUT2D eigenvalue weighted by atomic mass is 16.2. The lowest BCUT2D eigenvalue weighted by Gasteiger charge is -2.28. The number of anilines is 1. The quantitative estimate of drug-likeness (QED) is 0.849. The van der Waals surface area contributed by atoms with Crippen molar-refractivity contribution in [2.24, 2.45) is 5.73 Å². The Morgan fingerprint density at radius 1 is 1.35 bits per heavy atom. The van der Waals surface area contributed by atoms with E-state index in [4.69, 9.17) is 5.73 Å². The molecule has 0 heterocycles. The molecule has 0 radical (unpaired) electrons. The van der Waals surface area contributed by atoms with Crippen molar-refractivity contribution in [1.82, 2.24) is 4.90 Å². The lowest BCUT2D eigenvalue weighted by atomic mass is 10.1. The number of rotatable bonds is 4. The minimum atomic E-state index is -0.182. The first-order chi connectivity index (χ1) is 7.97. The average Bonchev–Trinajstić information content (AvgIpc) is 2.36. The van der Waals surface area contributed by atoms with Gasteiger partial charge in [0.15, 0.2) is 0 Å². The fraction of sp³-hybridized carbons (Fsp3) is 0.462. The topological polar surface area (TPSA) is 49.6 Å². The first-order valence-corrected chi connectivity index (χ1v) is 5.70. The van der Waals surface area contributed by atoms with Crippen LogP contribution in [0.2, 0.25) is 0 Å². The number of carbonyl (C=O) groups excluding carboxylic acids is 1. The summed E-state index contributed by atoms with van der Waals surface area (Å²) in [6.45, 7) is 2.41. The highest BCUT2D eigenvalue weighted by Gasteiger charge is 2.19. The lowest BCUT2D eigenvalue weighted by Crippen LogP contribution is -2.42. The van der Waals surface area contributed by atoms with E-state index in [-0.39, 0.29) is 11.9 Å². The van der Waals surface area contributed by atoms with Crippen molar-refractivity contribution >= 4 is 11.6 Å². The van der Waals surface area contributed by atoms with Crippen molar-refractivity contribution in [2.75, 3.05) is 26.0 Å². The molecule has 4 heteroatoms. The first kappa shape index (κ1) is 13.5. The molecular weight excluding hydrogens is 214 g/mol. The molecule has 17 heavy (non-hydrogen) atoms. The van der Waals surface area contributed by atoms with Crippen LogP contribution in [0.3, 0.4) is 0 Å². The minimum absolute atomic E-state index is 0.0886. The van der Waals surface area contributed by atoms with Crippen LogP contribution in [0.25, 0.3) is 0 Å². The Hall–Kier alpha value is -1.55. The average molecular weight is 235 g/mol. The highest BCUT2D eigenvalue weighted by Crippen LogP contribution is 2.17. The number of hydrogen-bond donors (Lipinski definition) is 1. The molecular formula is C13H21N3O. The smallest absolute Gasteiger partial charge is 0.244 e. The third-order valence-corrected chi connectivity index (χ3v) is 2.93. The summed E-state index contributed by atoms with van der Waals surface area (Å²) in [7, 11) is 5.45. The third-order valence-electron chi connectivity index (χ3n) is 2.93. The van der Waals surface area contributed by atoms with Crippen LogP contribution in [0.4, 0.5) is 5.69 Å². The molecule has 2 N–H and O–H groups in total. The van der Waals surface area contributed by atoms with Gasteiger partial charge in [0.25, 0.3) is 0 Å². The number of carbonyl (C=O) groups is 1. The van der Waals surface area contributed by atoms with Crippen LogP contribution >= 0.6 is 0 Å². The largest absolute Gasteiger partial charge is 0.363 e. The summed E-state index contributed by atoms with van der Waals surface area (Å²) in [5, 5.41) is 0. The standard InChI is InChI=1S/C13H21N3O/c1-10(13(17)15(2)3)16(4)12-7-5-6-11(8-12)9-14/h5-8,10H,9,14H2,1-4H3. The van der Waals surface area contributed by atoms with Crippen LogP contribution in [0.5, 0.6) is 0 Å². The molecule has 94 valence electrons. The number of amides is 1. The SMILES string of the molecule is CC(C(=O)N(C)C)N(C)c1cccc(CN)c1. The second kappa shape index (κ2) is 5.68. The maximum atomic E-state index is 11.9. The van der Waals surface area contributed by atoms with Crippen LogP contribution in [0, 0.1) is 0 Å². The van der Waals surface area contributed by atoms with E-state index >= 15 is 0 Å². The fourth-order valence-electron chi connectivity index (χ4n) is 1.67. The van der Waals surface area contributed by atoms with E-state index in [0.717, 1.165) is 11.3 Å². The molecule has 0 saturated carbocycles. The second-order valence-electron chi connectivity index (χ2n) is 4.39. The van der Waals surface area contributed by atoms with E-state index in [1.807, 2.05) is 43.1 Å².